The minimum atomic E-state index is -0.452. The summed E-state index contributed by atoms with van der Waals surface area (Å²) in [6.07, 6.45) is 5.64. The third kappa shape index (κ3) is 3.11. The number of aromatic amines is 1. The second-order valence-corrected chi connectivity index (χ2v) is 8.15. The average Bonchev–Trinajstić information content (AvgIpc) is 3.53. The second-order valence-electron chi connectivity index (χ2n) is 7.25. The number of hydrogen-bond donors (Lipinski definition) is 1. The van der Waals surface area contributed by atoms with Crippen LogP contribution in [0.3, 0.4) is 0 Å². The van der Waals surface area contributed by atoms with Gasteiger partial charge >= 0.3 is 0 Å². The highest BCUT2D eigenvalue weighted by Gasteiger charge is 2.38. The molecule has 3 aromatic heterocycles. The van der Waals surface area contributed by atoms with Crippen molar-refractivity contribution < 1.29 is 4.79 Å². The van der Waals surface area contributed by atoms with Crippen LogP contribution in [-0.4, -0.2) is 44.1 Å². The summed E-state index contributed by atoms with van der Waals surface area (Å²) >= 11 is 1.49. The average molecular weight is 443 g/mol. The number of aromatic nitrogens is 5. The molecule has 1 aliphatic heterocycles. The highest BCUT2D eigenvalue weighted by Crippen LogP contribution is 2.41. The molecule has 1 N–H and O–H groups in total. The molecule has 1 amide bonds. The molecule has 9 nitrogen and oxygen atoms in total. The molecular formula is C22H18N8OS. The van der Waals surface area contributed by atoms with Crippen molar-refractivity contribution in [1.82, 2.24) is 25.1 Å². The van der Waals surface area contributed by atoms with Gasteiger partial charge in [0.05, 0.1) is 29.6 Å². The summed E-state index contributed by atoms with van der Waals surface area (Å²) in [5.41, 5.74) is 3.31. The molecule has 1 unspecified atom stereocenters. The Morgan fingerprint density at radius 3 is 2.91 bits per heavy atom. The zero-order valence-corrected chi connectivity index (χ0v) is 18.2. The van der Waals surface area contributed by atoms with Crippen molar-refractivity contribution in [2.24, 2.45) is 0 Å². The predicted molar refractivity (Wildman–Crippen MR) is 122 cm³/mol. The zero-order chi connectivity index (χ0) is 22.2. The first kappa shape index (κ1) is 19.8. The zero-order valence-electron chi connectivity index (χ0n) is 17.4. The topological polar surface area (TPSA) is 115 Å². The normalized spacial score (nSPS) is 15.5. The number of benzene rings is 1. The number of nitrogens with one attached hydrogen (secondary N) is 1. The number of H-pyrrole nitrogens is 1. The minimum Gasteiger partial charge on any atom is -0.312 e. The largest absolute Gasteiger partial charge is 0.312 e. The Bertz CT molecular complexity index is 1340. The molecule has 0 spiro atoms. The van der Waals surface area contributed by atoms with Gasteiger partial charge in [-0.3, -0.25) is 9.89 Å². The lowest BCUT2D eigenvalue weighted by molar-refractivity contribution is -0.119. The molecule has 0 radical (unpaired) electrons. The lowest BCUT2D eigenvalue weighted by atomic mass is 10.1. The number of nitriles is 1. The van der Waals surface area contributed by atoms with E-state index in [1.54, 1.807) is 42.7 Å². The van der Waals surface area contributed by atoms with E-state index < -0.39 is 6.04 Å². The highest BCUT2D eigenvalue weighted by molar-refractivity contribution is 7.13. The summed E-state index contributed by atoms with van der Waals surface area (Å²) in [5, 5.41) is 19.2. The number of likely N-dealkylation sites (N-methyl/N-ethyl adjacent to an activating group) is 1. The first-order valence-corrected chi connectivity index (χ1v) is 10.9. The fourth-order valence-corrected chi connectivity index (χ4v) is 4.51. The monoisotopic (exact) mass is 442 g/mol. The Morgan fingerprint density at radius 1 is 1.28 bits per heavy atom. The summed E-state index contributed by atoms with van der Waals surface area (Å²) in [4.78, 5) is 30.4. The van der Waals surface area contributed by atoms with Crippen LogP contribution in [0.5, 0.6) is 0 Å². The lowest BCUT2D eigenvalue weighted by Gasteiger charge is -2.40. The molecule has 158 valence electrons. The molecule has 32 heavy (non-hydrogen) atoms. The molecule has 1 aromatic carbocycles. The summed E-state index contributed by atoms with van der Waals surface area (Å²) in [6.45, 7) is 1.96. The van der Waals surface area contributed by atoms with Gasteiger partial charge in [0.2, 0.25) is 5.91 Å². The molecule has 0 saturated carbocycles. The van der Waals surface area contributed by atoms with Crippen molar-refractivity contribution in [3.63, 3.8) is 0 Å². The number of carbonyl (C=O) groups is 1. The molecule has 10 heteroatoms. The molecule has 0 aliphatic carbocycles. The summed E-state index contributed by atoms with van der Waals surface area (Å²) in [5.74, 6) is 1.03. The number of rotatable bonds is 4. The van der Waals surface area contributed by atoms with Gasteiger partial charge in [-0.1, -0.05) is 13.0 Å². The summed E-state index contributed by atoms with van der Waals surface area (Å²) in [6, 6.07) is 8.91. The third-order valence-corrected chi connectivity index (χ3v) is 6.22. The van der Waals surface area contributed by atoms with Crippen molar-refractivity contribution in [3.8, 4) is 28.2 Å². The van der Waals surface area contributed by atoms with Gasteiger partial charge in [0.1, 0.15) is 22.4 Å². The van der Waals surface area contributed by atoms with E-state index >= 15 is 0 Å². The van der Waals surface area contributed by atoms with E-state index in [1.807, 2.05) is 29.3 Å². The maximum Gasteiger partial charge on any atom is 0.250 e. The van der Waals surface area contributed by atoms with Gasteiger partial charge in [0.25, 0.3) is 0 Å². The van der Waals surface area contributed by atoms with Crippen LogP contribution in [0.15, 0.2) is 48.2 Å². The number of anilines is 3. The van der Waals surface area contributed by atoms with Crippen LogP contribution in [-0.2, 0) is 4.79 Å². The van der Waals surface area contributed by atoms with E-state index in [1.165, 1.54) is 11.3 Å². The van der Waals surface area contributed by atoms with Crippen LogP contribution < -0.4 is 9.80 Å². The number of hydrogen-bond acceptors (Lipinski definition) is 8. The predicted octanol–water partition coefficient (Wildman–Crippen LogP) is 3.75. The molecule has 0 saturated heterocycles. The van der Waals surface area contributed by atoms with Gasteiger partial charge in [-0.05, 0) is 24.6 Å². The Morgan fingerprint density at radius 2 is 2.16 bits per heavy atom. The van der Waals surface area contributed by atoms with Crippen molar-refractivity contribution >= 4 is 34.4 Å². The standard InChI is InChI=1S/C22H18N8OS/c1-3-16-22(31)29(2)17-12-25-19(15-11-26-28-18(15)21-24-7-8-32-21)27-20(17)30(16)14-6-4-5-13(9-14)10-23/h4-9,11-12,16H,3H2,1-2H3,(H,26,28). The van der Waals surface area contributed by atoms with Crippen LogP contribution in [0.1, 0.15) is 18.9 Å². The maximum absolute atomic E-state index is 13.1. The summed E-state index contributed by atoms with van der Waals surface area (Å²) in [7, 11) is 1.73. The summed E-state index contributed by atoms with van der Waals surface area (Å²) < 4.78 is 0. The van der Waals surface area contributed by atoms with Gasteiger partial charge in [0.15, 0.2) is 11.6 Å². The number of nitrogens with zero attached hydrogens (tertiary/aromatic N) is 7. The van der Waals surface area contributed by atoms with Crippen molar-refractivity contribution in [2.75, 3.05) is 16.8 Å². The first-order chi connectivity index (χ1) is 15.6. The Balaban J connectivity index is 1.70. The van der Waals surface area contributed by atoms with E-state index in [4.69, 9.17) is 4.98 Å². The second kappa shape index (κ2) is 7.86. The maximum atomic E-state index is 13.1. The van der Waals surface area contributed by atoms with Crippen molar-refractivity contribution in [1.29, 1.82) is 5.26 Å². The van der Waals surface area contributed by atoms with E-state index in [9.17, 15) is 10.1 Å². The highest BCUT2D eigenvalue weighted by atomic mass is 32.1. The van der Waals surface area contributed by atoms with Gasteiger partial charge in [0, 0.05) is 24.3 Å². The molecule has 5 rings (SSSR count). The molecule has 0 fully saturated rings. The smallest absolute Gasteiger partial charge is 0.250 e. The number of thiazole rings is 1. The Labute approximate surface area is 188 Å². The molecule has 4 heterocycles. The minimum absolute atomic E-state index is 0.0505. The van der Waals surface area contributed by atoms with Gasteiger partial charge in [-0.25, -0.2) is 15.0 Å². The van der Waals surface area contributed by atoms with Gasteiger partial charge < -0.3 is 9.80 Å². The van der Waals surface area contributed by atoms with Crippen LogP contribution in [0.25, 0.3) is 22.1 Å². The number of carbonyl (C=O) groups excluding carboxylic acids is 1. The van der Waals surface area contributed by atoms with E-state index in [0.717, 1.165) is 22.0 Å². The fourth-order valence-electron chi connectivity index (χ4n) is 3.86. The Hall–Kier alpha value is -4.10. The SMILES string of the molecule is CCC1C(=O)N(C)c2cnc(-c3cn[nH]c3-c3nccs3)nc2N1c1cccc(C#N)c1. The van der Waals surface area contributed by atoms with Gasteiger partial charge in [-0.15, -0.1) is 11.3 Å². The first-order valence-electron chi connectivity index (χ1n) is 10.00. The van der Waals surface area contributed by atoms with Gasteiger partial charge in [-0.2, -0.15) is 10.4 Å². The molecule has 0 bridgehead atoms. The van der Waals surface area contributed by atoms with Crippen LogP contribution in [0, 0.1) is 11.3 Å². The third-order valence-electron chi connectivity index (χ3n) is 5.43. The molecule has 1 atom stereocenters. The molecular weight excluding hydrogens is 424 g/mol. The van der Waals surface area contributed by atoms with Crippen molar-refractivity contribution in [2.45, 2.75) is 19.4 Å². The quantitative estimate of drug-likeness (QED) is 0.512. The van der Waals surface area contributed by atoms with Crippen LogP contribution in [0.2, 0.25) is 0 Å². The molecule has 4 aromatic rings. The molecule has 1 aliphatic rings. The van der Waals surface area contributed by atoms with Crippen molar-refractivity contribution in [3.05, 3.63) is 53.8 Å². The fraction of sp³-hybridized carbons (Fsp3) is 0.182. The lowest BCUT2D eigenvalue weighted by Crippen LogP contribution is -2.50. The number of amides is 1. The van der Waals surface area contributed by atoms with Crippen LogP contribution in [0.4, 0.5) is 17.2 Å². The number of fused-ring (bicyclic) bond motifs is 1. The van der Waals surface area contributed by atoms with E-state index in [0.29, 0.717) is 29.3 Å². The van der Waals surface area contributed by atoms with Crippen LogP contribution >= 0.6 is 11.3 Å². The van der Waals surface area contributed by atoms with E-state index in [-0.39, 0.29) is 5.91 Å². The van der Waals surface area contributed by atoms with E-state index in [2.05, 4.69) is 26.2 Å². The Kier molecular flexibility index (Phi) is 4.88.